The predicted octanol–water partition coefficient (Wildman–Crippen LogP) is 3.25. The van der Waals surface area contributed by atoms with E-state index in [0.29, 0.717) is 17.9 Å². The Bertz CT molecular complexity index is 522. The monoisotopic (exact) mass is 275 g/mol. The van der Waals surface area contributed by atoms with E-state index in [1.165, 1.54) is 11.8 Å². The Morgan fingerprint density at radius 2 is 2.05 bits per heavy atom. The lowest BCUT2D eigenvalue weighted by molar-refractivity contribution is 0.0954. The molecule has 3 nitrogen and oxygen atoms in total. The molecule has 2 aromatic rings. The highest BCUT2D eigenvalue weighted by molar-refractivity contribution is 7.98. The number of furan rings is 1. The Morgan fingerprint density at radius 3 is 2.74 bits per heavy atom. The highest BCUT2D eigenvalue weighted by atomic mass is 32.2. The van der Waals surface area contributed by atoms with Crippen molar-refractivity contribution >= 4 is 17.7 Å². The van der Waals surface area contributed by atoms with E-state index in [1.807, 2.05) is 30.0 Å². The van der Waals surface area contributed by atoms with Gasteiger partial charge in [0, 0.05) is 18.1 Å². The maximum absolute atomic E-state index is 11.8. The first-order valence-electron chi connectivity index (χ1n) is 6.21. The van der Waals surface area contributed by atoms with Gasteiger partial charge < -0.3 is 9.73 Å². The molecule has 4 heteroatoms. The average Bonchev–Trinajstić information content (AvgIpc) is 2.86. The zero-order valence-corrected chi connectivity index (χ0v) is 11.7. The Labute approximate surface area is 117 Å². The van der Waals surface area contributed by atoms with Crippen molar-refractivity contribution in [2.75, 3.05) is 12.3 Å². The van der Waals surface area contributed by atoms with Crippen LogP contribution in [-0.4, -0.2) is 18.2 Å². The Kier molecular flexibility index (Phi) is 5.10. The molecule has 0 saturated carbocycles. The Hall–Kier alpha value is -1.68. The first-order chi connectivity index (χ1) is 9.27. The van der Waals surface area contributed by atoms with Crippen LogP contribution in [0.3, 0.4) is 0 Å². The van der Waals surface area contributed by atoms with Crippen LogP contribution in [0.4, 0.5) is 0 Å². The maximum atomic E-state index is 11.8. The summed E-state index contributed by atoms with van der Waals surface area (Å²) < 4.78 is 5.10. The van der Waals surface area contributed by atoms with E-state index in [0.717, 1.165) is 11.5 Å². The van der Waals surface area contributed by atoms with Crippen molar-refractivity contribution < 1.29 is 9.21 Å². The lowest BCUT2D eigenvalue weighted by Gasteiger charge is -2.04. The molecule has 0 unspecified atom stereocenters. The molecule has 0 spiro atoms. The zero-order valence-electron chi connectivity index (χ0n) is 10.9. The molecule has 1 N–H and O–H groups in total. The zero-order chi connectivity index (χ0) is 13.5. The third-order valence-electron chi connectivity index (χ3n) is 2.75. The molecule has 0 bridgehead atoms. The number of carbonyl (C=O) groups is 1. The van der Waals surface area contributed by atoms with Crippen molar-refractivity contribution in [1.29, 1.82) is 0 Å². The van der Waals surface area contributed by atoms with E-state index in [-0.39, 0.29) is 5.91 Å². The van der Waals surface area contributed by atoms with E-state index < -0.39 is 0 Å². The summed E-state index contributed by atoms with van der Waals surface area (Å²) in [4.78, 5) is 11.8. The van der Waals surface area contributed by atoms with Gasteiger partial charge in [-0.3, -0.25) is 4.79 Å². The van der Waals surface area contributed by atoms with Crippen LogP contribution in [0.2, 0.25) is 0 Å². The second kappa shape index (κ2) is 7.04. The number of rotatable bonds is 6. The van der Waals surface area contributed by atoms with E-state index in [9.17, 15) is 4.79 Å². The third-order valence-corrected chi connectivity index (χ3v) is 3.78. The van der Waals surface area contributed by atoms with Crippen molar-refractivity contribution in [3.8, 4) is 0 Å². The number of amides is 1. The van der Waals surface area contributed by atoms with Crippen LogP contribution in [0, 0.1) is 6.92 Å². The predicted molar refractivity (Wildman–Crippen MR) is 78.4 cm³/mol. The molecule has 0 radical (unpaired) electrons. The van der Waals surface area contributed by atoms with E-state index in [1.54, 1.807) is 13.0 Å². The van der Waals surface area contributed by atoms with Crippen LogP contribution in [-0.2, 0) is 5.75 Å². The van der Waals surface area contributed by atoms with Gasteiger partial charge in [0.15, 0.2) is 0 Å². The van der Waals surface area contributed by atoms with E-state index in [4.69, 9.17) is 4.42 Å². The summed E-state index contributed by atoms with van der Waals surface area (Å²) in [5.74, 6) is 2.47. The molecule has 0 fully saturated rings. The molecule has 0 aliphatic heterocycles. The number of aryl methyl sites for hydroxylation is 1. The molecule has 0 atom stereocenters. The summed E-state index contributed by atoms with van der Waals surface area (Å²) in [6.45, 7) is 2.46. The molecule has 0 saturated heterocycles. The van der Waals surface area contributed by atoms with Crippen LogP contribution in [0.15, 0.2) is 47.1 Å². The highest BCUT2D eigenvalue weighted by Gasteiger charge is 2.09. The molecule has 1 aromatic carbocycles. The lowest BCUT2D eigenvalue weighted by Crippen LogP contribution is -2.25. The fourth-order valence-electron chi connectivity index (χ4n) is 1.72. The lowest BCUT2D eigenvalue weighted by atomic mass is 10.2. The molecule has 1 aromatic heterocycles. The van der Waals surface area contributed by atoms with Crippen molar-refractivity contribution in [3.63, 3.8) is 0 Å². The van der Waals surface area contributed by atoms with Gasteiger partial charge in [-0.1, -0.05) is 30.3 Å². The fraction of sp³-hybridized carbons (Fsp3) is 0.267. The SMILES string of the molecule is Cc1occc1C(=O)NCCSCc1ccccc1. The van der Waals surface area contributed by atoms with Gasteiger partial charge in [-0.05, 0) is 18.6 Å². The first-order valence-corrected chi connectivity index (χ1v) is 7.37. The molecule has 100 valence electrons. The molecule has 2 rings (SSSR count). The summed E-state index contributed by atoms with van der Waals surface area (Å²) in [6, 6.07) is 12.0. The fourth-order valence-corrected chi connectivity index (χ4v) is 2.54. The topological polar surface area (TPSA) is 42.2 Å². The van der Waals surface area contributed by atoms with Crippen LogP contribution in [0.25, 0.3) is 0 Å². The minimum atomic E-state index is -0.0634. The standard InChI is InChI=1S/C15H17NO2S/c1-12-14(7-9-18-12)15(17)16-8-10-19-11-13-5-3-2-4-6-13/h2-7,9H,8,10-11H2,1H3,(H,16,17). The minimum Gasteiger partial charge on any atom is -0.469 e. The molecule has 0 aliphatic carbocycles. The minimum absolute atomic E-state index is 0.0634. The third kappa shape index (κ3) is 4.17. The number of hydrogen-bond donors (Lipinski definition) is 1. The molecular weight excluding hydrogens is 258 g/mol. The summed E-state index contributed by atoms with van der Waals surface area (Å²) in [6.07, 6.45) is 1.54. The average molecular weight is 275 g/mol. The van der Waals surface area contributed by atoms with Gasteiger partial charge in [-0.25, -0.2) is 0 Å². The van der Waals surface area contributed by atoms with Gasteiger partial charge in [0.2, 0.25) is 0 Å². The number of carbonyl (C=O) groups excluding carboxylic acids is 1. The normalized spacial score (nSPS) is 10.4. The molecule has 19 heavy (non-hydrogen) atoms. The van der Waals surface area contributed by atoms with Crippen molar-refractivity contribution in [2.24, 2.45) is 0 Å². The van der Waals surface area contributed by atoms with Gasteiger partial charge >= 0.3 is 0 Å². The summed E-state index contributed by atoms with van der Waals surface area (Å²) in [7, 11) is 0. The van der Waals surface area contributed by atoms with Crippen molar-refractivity contribution in [2.45, 2.75) is 12.7 Å². The second-order valence-electron chi connectivity index (χ2n) is 4.18. The summed E-state index contributed by atoms with van der Waals surface area (Å²) >= 11 is 1.81. The molecule has 1 heterocycles. The van der Waals surface area contributed by atoms with E-state index in [2.05, 4.69) is 17.4 Å². The number of hydrogen-bond acceptors (Lipinski definition) is 3. The highest BCUT2D eigenvalue weighted by Crippen LogP contribution is 2.11. The van der Waals surface area contributed by atoms with Gasteiger partial charge in [0.25, 0.3) is 5.91 Å². The largest absolute Gasteiger partial charge is 0.469 e. The number of nitrogens with one attached hydrogen (secondary N) is 1. The van der Waals surface area contributed by atoms with Gasteiger partial charge in [0.1, 0.15) is 5.76 Å². The van der Waals surface area contributed by atoms with Crippen LogP contribution in [0.5, 0.6) is 0 Å². The van der Waals surface area contributed by atoms with Crippen LogP contribution in [0.1, 0.15) is 21.7 Å². The first kappa shape index (κ1) is 13.7. The smallest absolute Gasteiger partial charge is 0.254 e. The number of thioether (sulfide) groups is 1. The molecule has 0 aliphatic rings. The van der Waals surface area contributed by atoms with Gasteiger partial charge in [-0.2, -0.15) is 11.8 Å². The second-order valence-corrected chi connectivity index (χ2v) is 5.29. The maximum Gasteiger partial charge on any atom is 0.254 e. The summed E-state index contributed by atoms with van der Waals surface area (Å²) in [5.41, 5.74) is 1.93. The van der Waals surface area contributed by atoms with Crippen LogP contribution >= 0.6 is 11.8 Å². The molecule has 1 amide bonds. The Morgan fingerprint density at radius 1 is 1.26 bits per heavy atom. The molecular formula is C15H17NO2S. The van der Waals surface area contributed by atoms with Gasteiger partial charge in [-0.15, -0.1) is 0 Å². The van der Waals surface area contributed by atoms with Crippen molar-refractivity contribution in [1.82, 2.24) is 5.32 Å². The number of benzene rings is 1. The van der Waals surface area contributed by atoms with Gasteiger partial charge in [0.05, 0.1) is 11.8 Å². The Balaban J connectivity index is 1.65. The summed E-state index contributed by atoms with van der Waals surface area (Å²) in [5, 5.41) is 2.89. The van der Waals surface area contributed by atoms with Crippen molar-refractivity contribution in [3.05, 3.63) is 59.5 Å². The van der Waals surface area contributed by atoms with Crippen LogP contribution < -0.4 is 5.32 Å². The van der Waals surface area contributed by atoms with E-state index >= 15 is 0 Å². The quantitative estimate of drug-likeness (QED) is 0.823.